The van der Waals surface area contributed by atoms with Gasteiger partial charge in [0.25, 0.3) is 5.91 Å². The minimum Gasteiger partial charge on any atom is -0.338 e. The third-order valence-corrected chi connectivity index (χ3v) is 2.91. The average Bonchev–Trinajstić information content (AvgIpc) is 2.93. The summed E-state index contributed by atoms with van der Waals surface area (Å²) in [6.07, 6.45) is 3.69. The molecule has 1 amide bonds. The number of hydrogen-bond acceptors (Lipinski definition) is 2. The highest BCUT2D eigenvalue weighted by Gasteiger charge is 2.31. The summed E-state index contributed by atoms with van der Waals surface area (Å²) >= 11 is 0. The van der Waals surface area contributed by atoms with Crippen LogP contribution in [0, 0.1) is 11.3 Å². The molecule has 0 spiro atoms. The number of benzene rings is 1. The Morgan fingerprint density at radius 1 is 1.29 bits per heavy atom. The normalized spacial score (nSPS) is 17.4. The van der Waals surface area contributed by atoms with Crippen molar-refractivity contribution in [3.05, 3.63) is 53.9 Å². The zero-order valence-corrected chi connectivity index (χ0v) is 8.92. The lowest BCUT2D eigenvalue weighted by Crippen LogP contribution is -2.18. The summed E-state index contributed by atoms with van der Waals surface area (Å²) in [5.41, 5.74) is 2.20. The van der Waals surface area contributed by atoms with Crippen LogP contribution < -0.4 is 5.32 Å². The van der Waals surface area contributed by atoms with Crippen LogP contribution in [0.15, 0.2) is 42.7 Å². The molecule has 1 aliphatic rings. The second-order valence-electron chi connectivity index (χ2n) is 3.94. The SMILES string of the molecule is N#Cc1ccc2c(c1)C(n1cccc1)C(=O)N2. The van der Waals surface area contributed by atoms with E-state index in [0.29, 0.717) is 5.56 Å². The molecule has 1 aliphatic heterocycles. The van der Waals surface area contributed by atoms with E-state index in [1.807, 2.05) is 29.1 Å². The number of nitrogens with one attached hydrogen (secondary N) is 1. The van der Waals surface area contributed by atoms with Gasteiger partial charge in [-0.25, -0.2) is 0 Å². The van der Waals surface area contributed by atoms with E-state index < -0.39 is 0 Å². The van der Waals surface area contributed by atoms with Crippen LogP contribution in [0.25, 0.3) is 0 Å². The van der Waals surface area contributed by atoms with Crippen molar-refractivity contribution >= 4 is 11.6 Å². The molecule has 1 unspecified atom stereocenters. The molecule has 1 aromatic carbocycles. The predicted octanol–water partition coefficient (Wildman–Crippen LogP) is 1.90. The van der Waals surface area contributed by atoms with E-state index >= 15 is 0 Å². The molecule has 0 bridgehead atoms. The highest BCUT2D eigenvalue weighted by atomic mass is 16.2. The van der Waals surface area contributed by atoms with Gasteiger partial charge in [-0.15, -0.1) is 0 Å². The van der Waals surface area contributed by atoms with Crippen LogP contribution in [0.2, 0.25) is 0 Å². The van der Waals surface area contributed by atoms with Crippen molar-refractivity contribution in [3.8, 4) is 6.07 Å². The molecule has 0 saturated heterocycles. The molecule has 82 valence electrons. The average molecular weight is 223 g/mol. The minimum atomic E-state index is -0.367. The highest BCUT2D eigenvalue weighted by Crippen LogP contribution is 2.34. The predicted molar refractivity (Wildman–Crippen MR) is 62.4 cm³/mol. The smallest absolute Gasteiger partial charge is 0.252 e. The molecule has 2 heterocycles. The monoisotopic (exact) mass is 223 g/mol. The number of carbonyl (C=O) groups excluding carboxylic acids is 1. The second-order valence-corrected chi connectivity index (χ2v) is 3.94. The fraction of sp³-hybridized carbons (Fsp3) is 0.0769. The molecule has 0 radical (unpaired) electrons. The zero-order valence-electron chi connectivity index (χ0n) is 8.92. The maximum Gasteiger partial charge on any atom is 0.252 e. The van der Waals surface area contributed by atoms with Crippen LogP contribution in [-0.4, -0.2) is 10.5 Å². The lowest BCUT2D eigenvalue weighted by atomic mass is 10.1. The van der Waals surface area contributed by atoms with Gasteiger partial charge in [0, 0.05) is 23.6 Å². The minimum absolute atomic E-state index is 0.0636. The molecule has 1 aromatic heterocycles. The van der Waals surface area contributed by atoms with Crippen LogP contribution in [0.4, 0.5) is 5.69 Å². The Kier molecular flexibility index (Phi) is 1.99. The van der Waals surface area contributed by atoms with Gasteiger partial charge in [-0.2, -0.15) is 5.26 Å². The number of anilines is 1. The van der Waals surface area contributed by atoms with E-state index in [1.54, 1.807) is 18.2 Å². The van der Waals surface area contributed by atoms with Gasteiger partial charge in [-0.05, 0) is 30.3 Å². The van der Waals surface area contributed by atoms with Crippen LogP contribution in [0.3, 0.4) is 0 Å². The standard InChI is InChI=1S/C13H9N3O/c14-8-9-3-4-11-10(7-9)12(13(17)15-11)16-5-1-2-6-16/h1-7,12H,(H,15,17). The molecule has 0 saturated carbocycles. The number of carbonyl (C=O) groups is 1. The molecule has 17 heavy (non-hydrogen) atoms. The summed E-state index contributed by atoms with van der Waals surface area (Å²) in [5, 5.41) is 11.7. The molecule has 4 heteroatoms. The molecule has 1 N–H and O–H groups in total. The van der Waals surface area contributed by atoms with Crippen LogP contribution >= 0.6 is 0 Å². The lowest BCUT2D eigenvalue weighted by molar-refractivity contribution is -0.117. The highest BCUT2D eigenvalue weighted by molar-refractivity contribution is 6.02. The van der Waals surface area contributed by atoms with E-state index in [9.17, 15) is 4.79 Å². The number of nitrogens with zero attached hydrogens (tertiary/aromatic N) is 2. The van der Waals surface area contributed by atoms with Crippen molar-refractivity contribution < 1.29 is 4.79 Å². The van der Waals surface area contributed by atoms with Crippen molar-refractivity contribution in [2.45, 2.75) is 6.04 Å². The fourth-order valence-electron chi connectivity index (χ4n) is 2.13. The number of fused-ring (bicyclic) bond motifs is 1. The van der Waals surface area contributed by atoms with Crippen molar-refractivity contribution in [1.82, 2.24) is 4.57 Å². The third-order valence-electron chi connectivity index (χ3n) is 2.91. The number of amides is 1. The number of rotatable bonds is 1. The maximum atomic E-state index is 11.9. The Morgan fingerprint density at radius 3 is 2.76 bits per heavy atom. The van der Waals surface area contributed by atoms with Gasteiger partial charge < -0.3 is 9.88 Å². The Balaban J connectivity index is 2.15. The van der Waals surface area contributed by atoms with Gasteiger partial charge >= 0.3 is 0 Å². The summed E-state index contributed by atoms with van der Waals surface area (Å²) < 4.78 is 1.84. The van der Waals surface area contributed by atoms with Crippen molar-refractivity contribution in [2.75, 3.05) is 5.32 Å². The molecule has 0 aliphatic carbocycles. The number of aromatic nitrogens is 1. The first-order valence-electron chi connectivity index (χ1n) is 5.27. The summed E-state index contributed by atoms with van der Waals surface area (Å²) in [7, 11) is 0. The van der Waals surface area contributed by atoms with Crippen molar-refractivity contribution in [1.29, 1.82) is 5.26 Å². The van der Waals surface area contributed by atoms with Gasteiger partial charge in [0.1, 0.15) is 6.04 Å². The second kappa shape index (κ2) is 3.49. The van der Waals surface area contributed by atoms with E-state index in [4.69, 9.17) is 5.26 Å². The summed E-state index contributed by atoms with van der Waals surface area (Å²) in [5.74, 6) is -0.0636. The molecule has 0 fully saturated rings. The van der Waals surface area contributed by atoms with Gasteiger partial charge in [-0.1, -0.05) is 0 Å². The Labute approximate surface area is 98.1 Å². The topological polar surface area (TPSA) is 57.8 Å². The van der Waals surface area contributed by atoms with Crippen LogP contribution in [0.5, 0.6) is 0 Å². The van der Waals surface area contributed by atoms with Crippen LogP contribution in [-0.2, 0) is 4.79 Å². The van der Waals surface area contributed by atoms with Crippen molar-refractivity contribution in [3.63, 3.8) is 0 Å². The first kappa shape index (κ1) is 9.67. The molecule has 4 nitrogen and oxygen atoms in total. The van der Waals surface area contributed by atoms with Gasteiger partial charge in [0.05, 0.1) is 11.6 Å². The number of nitriles is 1. The first-order valence-corrected chi connectivity index (χ1v) is 5.27. The van der Waals surface area contributed by atoms with E-state index in [-0.39, 0.29) is 11.9 Å². The van der Waals surface area contributed by atoms with E-state index in [2.05, 4.69) is 11.4 Å². The van der Waals surface area contributed by atoms with Gasteiger partial charge in [-0.3, -0.25) is 4.79 Å². The lowest BCUT2D eigenvalue weighted by Gasteiger charge is -2.10. The summed E-state index contributed by atoms with van der Waals surface area (Å²) in [4.78, 5) is 11.9. The Morgan fingerprint density at radius 2 is 2.06 bits per heavy atom. The molecule has 2 aromatic rings. The largest absolute Gasteiger partial charge is 0.338 e. The molecule has 1 atom stereocenters. The fourth-order valence-corrected chi connectivity index (χ4v) is 2.13. The third kappa shape index (κ3) is 1.41. The summed E-state index contributed by atoms with van der Waals surface area (Å²) in [6, 6.07) is 10.7. The van der Waals surface area contributed by atoms with E-state index in [1.165, 1.54) is 0 Å². The Bertz CT molecular complexity index is 623. The quantitative estimate of drug-likeness (QED) is 0.802. The molecular weight excluding hydrogens is 214 g/mol. The Hall–Kier alpha value is -2.54. The molecular formula is C13H9N3O. The summed E-state index contributed by atoms with van der Waals surface area (Å²) in [6.45, 7) is 0. The van der Waals surface area contributed by atoms with E-state index in [0.717, 1.165) is 11.3 Å². The van der Waals surface area contributed by atoms with Crippen molar-refractivity contribution in [2.24, 2.45) is 0 Å². The number of hydrogen-bond donors (Lipinski definition) is 1. The van der Waals surface area contributed by atoms with Crippen LogP contribution in [0.1, 0.15) is 17.2 Å². The van der Waals surface area contributed by atoms with Gasteiger partial charge in [0.15, 0.2) is 0 Å². The van der Waals surface area contributed by atoms with Gasteiger partial charge in [0.2, 0.25) is 0 Å². The first-order chi connectivity index (χ1) is 8.29. The zero-order chi connectivity index (χ0) is 11.8. The maximum absolute atomic E-state index is 11.9. The molecule has 3 rings (SSSR count).